The number of hydrogen-bond acceptors (Lipinski definition) is 5. The molecule has 4 aromatic rings. The number of piperidine rings is 1. The summed E-state index contributed by atoms with van der Waals surface area (Å²) in [5.74, 6) is 0.879. The van der Waals surface area contributed by atoms with Gasteiger partial charge in [-0.1, -0.05) is 47.1 Å². The Hall–Kier alpha value is -3.58. The van der Waals surface area contributed by atoms with Crippen molar-refractivity contribution < 1.29 is 14.1 Å². The second kappa shape index (κ2) is 7.49. The second-order valence-corrected chi connectivity index (χ2v) is 8.88. The molecule has 166 valence electrons. The fraction of sp³-hybridized carbons (Fsp3) is 0.240. The number of fused-ring (bicyclic) bond motifs is 4. The Labute approximate surface area is 195 Å². The van der Waals surface area contributed by atoms with Crippen molar-refractivity contribution in [3.63, 3.8) is 0 Å². The van der Waals surface area contributed by atoms with E-state index >= 15 is 0 Å². The van der Waals surface area contributed by atoms with Crippen molar-refractivity contribution in [3.05, 3.63) is 77.1 Å². The third-order valence-corrected chi connectivity index (χ3v) is 6.94. The fourth-order valence-electron chi connectivity index (χ4n) is 4.88. The van der Waals surface area contributed by atoms with Crippen LogP contribution in [0.3, 0.4) is 0 Å². The number of para-hydroxylation sites is 1. The van der Waals surface area contributed by atoms with Crippen LogP contribution in [0.15, 0.2) is 65.3 Å². The Bertz CT molecular complexity index is 1370. The molecule has 2 aromatic heterocycles. The van der Waals surface area contributed by atoms with Crippen molar-refractivity contribution in [1.29, 1.82) is 0 Å². The van der Waals surface area contributed by atoms with Gasteiger partial charge in [-0.05, 0) is 18.2 Å². The molecule has 0 unspecified atom stereocenters. The first-order valence-corrected chi connectivity index (χ1v) is 11.3. The van der Waals surface area contributed by atoms with Crippen molar-refractivity contribution in [2.45, 2.75) is 18.4 Å². The largest absolute Gasteiger partial charge is 0.482 e. The quantitative estimate of drug-likeness (QED) is 0.424. The van der Waals surface area contributed by atoms with Crippen LogP contribution in [0.1, 0.15) is 29.0 Å². The van der Waals surface area contributed by atoms with Crippen LogP contribution in [-0.2, 0) is 12.6 Å². The highest BCUT2D eigenvalue weighted by Crippen LogP contribution is 2.49. The van der Waals surface area contributed by atoms with Gasteiger partial charge in [0.1, 0.15) is 17.0 Å². The van der Waals surface area contributed by atoms with Crippen molar-refractivity contribution in [2.24, 2.45) is 7.05 Å². The predicted octanol–water partition coefficient (Wildman–Crippen LogP) is 4.92. The van der Waals surface area contributed by atoms with Gasteiger partial charge >= 0.3 is 0 Å². The zero-order valence-electron chi connectivity index (χ0n) is 18.0. The molecule has 7 nitrogen and oxygen atoms in total. The SMILES string of the molecule is Cn1ncc2c1-c1ccccc1OC21CCN(C(=O)c2cc(-c3ccccc3Cl)no2)CC1. The Balaban J connectivity index is 1.24. The van der Waals surface area contributed by atoms with E-state index in [0.29, 0.717) is 36.6 Å². The van der Waals surface area contributed by atoms with E-state index < -0.39 is 5.60 Å². The number of nitrogens with zero attached hydrogens (tertiary/aromatic N) is 4. The molecule has 33 heavy (non-hydrogen) atoms. The number of carbonyl (C=O) groups excluding carboxylic acids is 1. The third kappa shape index (κ3) is 3.15. The number of benzene rings is 2. The van der Waals surface area contributed by atoms with Crippen molar-refractivity contribution in [1.82, 2.24) is 19.8 Å². The van der Waals surface area contributed by atoms with Crippen molar-refractivity contribution >= 4 is 17.5 Å². The lowest BCUT2D eigenvalue weighted by Crippen LogP contribution is -2.49. The number of halogens is 1. The third-order valence-electron chi connectivity index (χ3n) is 6.61. The molecule has 4 heterocycles. The van der Waals surface area contributed by atoms with Crippen LogP contribution >= 0.6 is 11.6 Å². The minimum atomic E-state index is -0.501. The minimum absolute atomic E-state index is 0.182. The number of amides is 1. The molecule has 1 fully saturated rings. The van der Waals surface area contributed by atoms with E-state index in [0.717, 1.165) is 28.1 Å². The monoisotopic (exact) mass is 460 g/mol. The lowest BCUT2D eigenvalue weighted by molar-refractivity contribution is -0.00281. The number of carbonyl (C=O) groups is 1. The lowest BCUT2D eigenvalue weighted by atomic mass is 9.81. The van der Waals surface area contributed by atoms with E-state index in [-0.39, 0.29) is 11.7 Å². The van der Waals surface area contributed by atoms with E-state index in [9.17, 15) is 4.79 Å². The molecule has 2 aliphatic rings. The highest BCUT2D eigenvalue weighted by atomic mass is 35.5. The summed E-state index contributed by atoms with van der Waals surface area (Å²) in [5.41, 5.74) is 3.99. The summed E-state index contributed by atoms with van der Waals surface area (Å²) in [6, 6.07) is 17.0. The Morgan fingerprint density at radius 1 is 1.06 bits per heavy atom. The van der Waals surface area contributed by atoms with Gasteiger partial charge in [0.05, 0.1) is 16.9 Å². The summed E-state index contributed by atoms with van der Waals surface area (Å²) in [4.78, 5) is 14.9. The number of likely N-dealkylation sites (tertiary alicyclic amines) is 1. The van der Waals surface area contributed by atoms with Crippen LogP contribution in [0, 0.1) is 0 Å². The molecule has 0 N–H and O–H groups in total. The van der Waals surface area contributed by atoms with E-state index in [1.165, 1.54) is 0 Å². The van der Waals surface area contributed by atoms with Gasteiger partial charge in [0.2, 0.25) is 5.76 Å². The first-order valence-electron chi connectivity index (χ1n) is 10.9. The van der Waals surface area contributed by atoms with Crippen LogP contribution in [0.5, 0.6) is 5.75 Å². The maximum Gasteiger partial charge on any atom is 0.292 e. The molecule has 6 rings (SSSR count). The van der Waals surface area contributed by atoms with E-state index in [1.54, 1.807) is 17.0 Å². The van der Waals surface area contributed by atoms with Gasteiger partial charge in [0.25, 0.3) is 5.91 Å². The molecule has 8 heteroatoms. The summed E-state index contributed by atoms with van der Waals surface area (Å²) in [5, 5.41) is 9.13. The molecule has 0 saturated carbocycles. The zero-order valence-corrected chi connectivity index (χ0v) is 18.7. The van der Waals surface area contributed by atoms with Gasteiger partial charge in [-0.15, -0.1) is 0 Å². The van der Waals surface area contributed by atoms with Gasteiger partial charge in [-0.25, -0.2) is 0 Å². The second-order valence-electron chi connectivity index (χ2n) is 8.47. The molecular weight excluding hydrogens is 440 g/mol. The zero-order chi connectivity index (χ0) is 22.6. The number of rotatable bonds is 2. The maximum absolute atomic E-state index is 13.2. The van der Waals surface area contributed by atoms with Crippen LogP contribution in [0.2, 0.25) is 5.02 Å². The molecule has 1 spiro atoms. The number of aryl methyl sites for hydroxylation is 1. The highest BCUT2D eigenvalue weighted by molar-refractivity contribution is 6.33. The van der Waals surface area contributed by atoms with E-state index in [1.807, 2.05) is 54.3 Å². The number of hydrogen-bond donors (Lipinski definition) is 0. The highest BCUT2D eigenvalue weighted by Gasteiger charge is 2.46. The predicted molar refractivity (Wildman–Crippen MR) is 123 cm³/mol. The molecule has 2 aliphatic heterocycles. The van der Waals surface area contributed by atoms with Gasteiger partial charge in [0.15, 0.2) is 0 Å². The summed E-state index contributed by atoms with van der Waals surface area (Å²) in [6.45, 7) is 1.08. The maximum atomic E-state index is 13.2. The Kier molecular flexibility index (Phi) is 4.55. The van der Waals surface area contributed by atoms with Crippen LogP contribution in [-0.4, -0.2) is 38.8 Å². The Morgan fingerprint density at radius 3 is 2.58 bits per heavy atom. The number of ether oxygens (including phenoxy) is 1. The molecule has 0 radical (unpaired) electrons. The van der Waals surface area contributed by atoms with Crippen molar-refractivity contribution in [3.8, 4) is 28.3 Å². The first-order chi connectivity index (χ1) is 16.1. The van der Waals surface area contributed by atoms with Gasteiger partial charge in [-0.2, -0.15) is 5.10 Å². The topological polar surface area (TPSA) is 73.4 Å². The fourth-order valence-corrected chi connectivity index (χ4v) is 5.11. The molecule has 2 aromatic carbocycles. The molecule has 0 aliphatic carbocycles. The summed E-state index contributed by atoms with van der Waals surface area (Å²) in [7, 11) is 1.95. The molecular formula is C25H21ClN4O3. The Morgan fingerprint density at radius 2 is 1.79 bits per heavy atom. The summed E-state index contributed by atoms with van der Waals surface area (Å²) >= 11 is 6.26. The van der Waals surface area contributed by atoms with E-state index in [2.05, 4.69) is 16.3 Å². The van der Waals surface area contributed by atoms with Gasteiger partial charge < -0.3 is 14.2 Å². The van der Waals surface area contributed by atoms with Crippen molar-refractivity contribution in [2.75, 3.05) is 13.1 Å². The van der Waals surface area contributed by atoms with Crippen LogP contribution in [0.25, 0.3) is 22.5 Å². The van der Waals surface area contributed by atoms with Crippen LogP contribution in [0.4, 0.5) is 0 Å². The molecule has 0 atom stereocenters. The number of aromatic nitrogens is 3. The van der Waals surface area contributed by atoms with Gasteiger partial charge in [0, 0.05) is 55.7 Å². The summed E-state index contributed by atoms with van der Waals surface area (Å²) < 4.78 is 13.9. The summed E-state index contributed by atoms with van der Waals surface area (Å²) in [6.07, 6.45) is 3.23. The average molecular weight is 461 g/mol. The standard InChI is InChI=1S/C25H21ClN4O3/c1-29-23-17-7-3-5-9-21(17)32-25(18(23)15-27-29)10-12-30(13-11-25)24(31)22-14-20(28-33-22)16-6-2-4-8-19(16)26/h2-9,14-15H,10-13H2,1H3. The lowest BCUT2D eigenvalue weighted by Gasteiger charge is -2.44. The minimum Gasteiger partial charge on any atom is -0.482 e. The van der Waals surface area contributed by atoms with Crippen LogP contribution < -0.4 is 4.74 Å². The molecule has 1 amide bonds. The molecule has 0 bridgehead atoms. The van der Waals surface area contributed by atoms with Gasteiger partial charge in [-0.3, -0.25) is 9.48 Å². The smallest absolute Gasteiger partial charge is 0.292 e. The molecule has 1 saturated heterocycles. The first kappa shape index (κ1) is 20.1. The average Bonchev–Trinajstić information content (AvgIpc) is 3.48. The van der Waals surface area contributed by atoms with E-state index in [4.69, 9.17) is 20.9 Å². The normalized spacial score (nSPS) is 16.2.